The Kier molecular flexibility index (Phi) is 5.95. The number of imide groups is 1. The molecule has 0 saturated carbocycles. The Hall–Kier alpha value is -3.30. The molecule has 2 aromatic heterocycles. The van der Waals surface area contributed by atoms with Gasteiger partial charge in [-0.2, -0.15) is 0 Å². The van der Waals surface area contributed by atoms with Crippen LogP contribution in [0.1, 0.15) is 24.1 Å². The number of benzene rings is 1. The smallest absolute Gasteiger partial charge is 0.246 e. The molecule has 3 aliphatic heterocycles. The van der Waals surface area contributed by atoms with Crippen LogP contribution in [0.5, 0.6) is 0 Å². The largest absolute Gasteiger partial charge is 0.357 e. The molecule has 182 valence electrons. The first-order chi connectivity index (χ1) is 17.2. The predicted molar refractivity (Wildman–Crippen MR) is 133 cm³/mol. The fourth-order valence-electron chi connectivity index (χ4n) is 5.70. The fraction of sp³-hybridized carbons (Fsp3) is 0.462. The molecule has 2 saturated heterocycles. The van der Waals surface area contributed by atoms with Gasteiger partial charge in [-0.3, -0.25) is 24.3 Å². The number of fused-ring (bicyclic) bond motifs is 4. The van der Waals surface area contributed by atoms with Gasteiger partial charge in [0, 0.05) is 68.3 Å². The van der Waals surface area contributed by atoms with Gasteiger partial charge in [-0.05, 0) is 43.5 Å². The van der Waals surface area contributed by atoms with Gasteiger partial charge in [-0.1, -0.05) is 18.2 Å². The zero-order valence-corrected chi connectivity index (χ0v) is 19.9. The van der Waals surface area contributed by atoms with Crippen molar-refractivity contribution in [1.29, 1.82) is 0 Å². The highest BCUT2D eigenvalue weighted by Crippen LogP contribution is 2.32. The number of para-hydroxylation sites is 1. The van der Waals surface area contributed by atoms with Gasteiger partial charge in [-0.25, -0.2) is 9.97 Å². The van der Waals surface area contributed by atoms with E-state index < -0.39 is 0 Å². The summed E-state index contributed by atoms with van der Waals surface area (Å²) in [5.74, 6) is 0.696. The van der Waals surface area contributed by atoms with E-state index in [0.717, 1.165) is 62.7 Å². The fourth-order valence-corrected chi connectivity index (χ4v) is 5.70. The summed E-state index contributed by atoms with van der Waals surface area (Å²) in [4.78, 5) is 46.6. The van der Waals surface area contributed by atoms with E-state index in [2.05, 4.69) is 36.9 Å². The van der Waals surface area contributed by atoms with Crippen LogP contribution < -0.4 is 4.90 Å². The third-order valence-corrected chi connectivity index (χ3v) is 7.61. The average Bonchev–Trinajstić information content (AvgIpc) is 3.25. The van der Waals surface area contributed by atoms with Crippen molar-refractivity contribution in [2.45, 2.75) is 31.8 Å². The number of hydrogen-bond donors (Lipinski definition) is 1. The Labute approximate surface area is 204 Å². The molecule has 35 heavy (non-hydrogen) atoms. The number of amides is 2. The van der Waals surface area contributed by atoms with E-state index in [-0.39, 0.29) is 17.9 Å². The van der Waals surface area contributed by atoms with Crippen molar-refractivity contribution in [2.24, 2.45) is 0 Å². The van der Waals surface area contributed by atoms with Crippen LogP contribution in [0.15, 0.2) is 42.7 Å². The quantitative estimate of drug-likeness (QED) is 0.430. The van der Waals surface area contributed by atoms with Crippen molar-refractivity contribution in [3.8, 4) is 0 Å². The van der Waals surface area contributed by atoms with Gasteiger partial charge in [0.1, 0.15) is 0 Å². The highest BCUT2D eigenvalue weighted by Gasteiger charge is 2.42. The summed E-state index contributed by atoms with van der Waals surface area (Å²) in [7, 11) is 0. The molecule has 9 nitrogen and oxygen atoms in total. The Bertz CT molecular complexity index is 1220. The molecule has 0 aliphatic carbocycles. The van der Waals surface area contributed by atoms with Crippen molar-refractivity contribution in [2.75, 3.05) is 50.7 Å². The first-order valence-corrected chi connectivity index (χ1v) is 12.6. The average molecular weight is 474 g/mol. The molecular weight excluding hydrogens is 442 g/mol. The van der Waals surface area contributed by atoms with Gasteiger partial charge in [0.05, 0.1) is 12.6 Å². The Balaban J connectivity index is 1.01. The number of nitrogens with zero attached hydrogens (tertiary/aromatic N) is 6. The van der Waals surface area contributed by atoms with Crippen molar-refractivity contribution in [1.82, 2.24) is 29.7 Å². The summed E-state index contributed by atoms with van der Waals surface area (Å²) in [6, 6.07) is 9.84. The van der Waals surface area contributed by atoms with Crippen LogP contribution in [0.3, 0.4) is 0 Å². The summed E-state index contributed by atoms with van der Waals surface area (Å²) in [6.45, 7) is 6.22. The lowest BCUT2D eigenvalue weighted by molar-refractivity contribution is -0.156. The number of piperazine rings is 2. The molecule has 2 fully saturated rings. The van der Waals surface area contributed by atoms with Crippen LogP contribution in [-0.2, 0) is 22.6 Å². The van der Waals surface area contributed by atoms with Gasteiger partial charge in [0.15, 0.2) is 0 Å². The lowest BCUT2D eigenvalue weighted by Gasteiger charge is -2.41. The van der Waals surface area contributed by atoms with E-state index in [4.69, 9.17) is 0 Å². The number of aromatic nitrogens is 3. The lowest BCUT2D eigenvalue weighted by Crippen LogP contribution is -2.61. The molecule has 3 aromatic rings. The van der Waals surface area contributed by atoms with Crippen LogP contribution in [0, 0.1) is 0 Å². The molecule has 0 radical (unpaired) electrons. The monoisotopic (exact) mass is 473 g/mol. The zero-order chi connectivity index (χ0) is 23.8. The maximum absolute atomic E-state index is 13.3. The van der Waals surface area contributed by atoms with E-state index >= 15 is 0 Å². The minimum Gasteiger partial charge on any atom is -0.357 e. The van der Waals surface area contributed by atoms with Crippen molar-refractivity contribution >= 4 is 28.7 Å². The number of carbonyl (C=O) groups excluding carboxylic acids is 2. The minimum atomic E-state index is -0.243. The topological polar surface area (TPSA) is 88.7 Å². The van der Waals surface area contributed by atoms with Crippen LogP contribution in [0.25, 0.3) is 10.9 Å². The molecule has 1 aromatic carbocycles. The molecule has 6 rings (SSSR count). The number of hydrogen-bond acceptors (Lipinski definition) is 7. The molecule has 9 heteroatoms. The molecule has 5 heterocycles. The summed E-state index contributed by atoms with van der Waals surface area (Å²) in [5, 5.41) is 1.19. The Morgan fingerprint density at radius 3 is 2.51 bits per heavy atom. The number of nitrogens with one attached hydrogen (secondary N) is 1. The number of anilines is 1. The van der Waals surface area contributed by atoms with E-state index in [9.17, 15) is 9.59 Å². The van der Waals surface area contributed by atoms with Crippen LogP contribution in [0.2, 0.25) is 0 Å². The number of unbranched alkanes of at least 4 members (excludes halogenated alkanes) is 1. The van der Waals surface area contributed by atoms with E-state index in [1.807, 2.05) is 23.1 Å². The molecular formula is C26H31N7O2. The second-order valence-electron chi connectivity index (χ2n) is 9.72. The van der Waals surface area contributed by atoms with Gasteiger partial charge < -0.3 is 9.88 Å². The maximum atomic E-state index is 13.3. The Morgan fingerprint density at radius 2 is 1.69 bits per heavy atom. The molecule has 1 N–H and O–H groups in total. The first-order valence-electron chi connectivity index (χ1n) is 12.6. The number of carbonyl (C=O) groups is 2. The van der Waals surface area contributed by atoms with Crippen LogP contribution in [0.4, 0.5) is 5.95 Å². The molecule has 1 atom stereocenters. The van der Waals surface area contributed by atoms with Gasteiger partial charge >= 0.3 is 0 Å². The highest BCUT2D eigenvalue weighted by atomic mass is 16.2. The highest BCUT2D eigenvalue weighted by molar-refractivity contribution is 6.02. The van der Waals surface area contributed by atoms with Crippen molar-refractivity contribution in [3.63, 3.8) is 0 Å². The van der Waals surface area contributed by atoms with Crippen molar-refractivity contribution < 1.29 is 9.59 Å². The van der Waals surface area contributed by atoms with E-state index in [0.29, 0.717) is 26.1 Å². The van der Waals surface area contributed by atoms with Crippen LogP contribution in [-0.4, -0.2) is 93.3 Å². The summed E-state index contributed by atoms with van der Waals surface area (Å²) in [5.41, 5.74) is 3.46. The SMILES string of the molecule is O=C1CN2Cc3[nH]c4ccccc4c3CC2C(=O)N1CCCCN1CCN(c2ncccn2)CC1. The third kappa shape index (κ3) is 4.30. The maximum Gasteiger partial charge on any atom is 0.246 e. The second-order valence-corrected chi connectivity index (χ2v) is 9.72. The second kappa shape index (κ2) is 9.39. The number of aromatic amines is 1. The Morgan fingerprint density at radius 1 is 0.914 bits per heavy atom. The summed E-state index contributed by atoms with van der Waals surface area (Å²) < 4.78 is 0. The molecule has 1 unspecified atom stereocenters. The molecule has 3 aliphatic rings. The molecule has 2 amide bonds. The van der Waals surface area contributed by atoms with Crippen LogP contribution >= 0.6 is 0 Å². The molecule has 0 spiro atoms. The van der Waals surface area contributed by atoms with Crippen molar-refractivity contribution in [3.05, 3.63) is 54.0 Å². The van der Waals surface area contributed by atoms with E-state index in [1.165, 1.54) is 15.8 Å². The predicted octanol–water partition coefficient (Wildman–Crippen LogP) is 1.66. The van der Waals surface area contributed by atoms with Gasteiger partial charge in [-0.15, -0.1) is 0 Å². The minimum absolute atomic E-state index is 0.0337. The normalized spacial score (nSPS) is 21.4. The first kappa shape index (κ1) is 22.2. The third-order valence-electron chi connectivity index (χ3n) is 7.61. The number of H-pyrrole nitrogens is 1. The van der Waals surface area contributed by atoms with Gasteiger partial charge in [0.2, 0.25) is 17.8 Å². The van der Waals surface area contributed by atoms with Gasteiger partial charge in [0.25, 0.3) is 0 Å². The zero-order valence-electron chi connectivity index (χ0n) is 19.9. The van der Waals surface area contributed by atoms with E-state index in [1.54, 1.807) is 12.4 Å². The standard InChI is InChI=1S/C26H31N7O2/c34-24-18-32-17-22-20(19-6-1-2-7-21(19)29-22)16-23(32)25(35)33(24)11-4-3-10-30-12-14-31(15-13-30)26-27-8-5-9-28-26/h1-2,5-9,23,29H,3-4,10-18H2. The number of rotatable bonds is 6. The summed E-state index contributed by atoms with van der Waals surface area (Å²) >= 11 is 0. The lowest BCUT2D eigenvalue weighted by atomic mass is 9.94. The summed E-state index contributed by atoms with van der Waals surface area (Å²) in [6.07, 6.45) is 6.04. The molecule has 0 bridgehead atoms.